The van der Waals surface area contributed by atoms with Crippen molar-refractivity contribution < 1.29 is 14.3 Å². The van der Waals surface area contributed by atoms with E-state index in [1.807, 2.05) is 48.5 Å². The summed E-state index contributed by atoms with van der Waals surface area (Å²) in [5, 5.41) is 0. The smallest absolute Gasteiger partial charge is 0.309 e. The number of Topliss-reactive ketones (excluding diaryl/α,β-unsaturated/α-hetero) is 1. The molecule has 2 aromatic carbocycles. The monoisotopic (exact) mass is 323 g/mol. The van der Waals surface area contributed by atoms with Crippen molar-refractivity contribution in [2.75, 3.05) is 12.8 Å². The van der Waals surface area contributed by atoms with E-state index in [-0.39, 0.29) is 23.6 Å². The van der Waals surface area contributed by atoms with E-state index in [2.05, 4.69) is 0 Å². The molecule has 1 aliphatic carbocycles. The van der Waals surface area contributed by atoms with Gasteiger partial charge in [-0.3, -0.25) is 9.59 Å². The average molecular weight is 323 g/mol. The predicted molar refractivity (Wildman–Crippen MR) is 93.5 cm³/mol. The molecule has 0 aromatic heterocycles. The zero-order chi connectivity index (χ0) is 17.1. The number of ketones is 1. The van der Waals surface area contributed by atoms with Crippen LogP contribution in [0.5, 0.6) is 0 Å². The number of nitrogens with two attached hydrogens (primary N) is 1. The largest absolute Gasteiger partial charge is 0.469 e. The molecule has 0 radical (unpaired) electrons. The van der Waals surface area contributed by atoms with Gasteiger partial charge in [0.2, 0.25) is 0 Å². The second kappa shape index (κ2) is 6.87. The highest BCUT2D eigenvalue weighted by Crippen LogP contribution is 2.37. The standard InChI is InChI=1S/C20H21NO3/c1-24-20(23)18-8-4-7-17(18)19(22)16-6-3-2-5-15(16)13-9-11-14(21)12-10-13/h2-3,5-6,9-12,17-18H,4,7-8,21H2,1H3/t17-,18-/m1/s1. The summed E-state index contributed by atoms with van der Waals surface area (Å²) in [4.78, 5) is 25.1. The van der Waals surface area contributed by atoms with Gasteiger partial charge in [0.05, 0.1) is 13.0 Å². The van der Waals surface area contributed by atoms with Gasteiger partial charge in [-0.1, -0.05) is 42.8 Å². The summed E-state index contributed by atoms with van der Waals surface area (Å²) in [7, 11) is 1.38. The van der Waals surface area contributed by atoms with Crippen molar-refractivity contribution in [3.8, 4) is 11.1 Å². The normalized spacial score (nSPS) is 19.9. The molecule has 3 rings (SSSR count). The molecule has 124 valence electrons. The molecular formula is C20H21NO3. The Labute approximate surface area is 141 Å². The Morgan fingerprint density at radius 1 is 1.00 bits per heavy atom. The number of methoxy groups -OCH3 is 1. The molecule has 1 saturated carbocycles. The van der Waals surface area contributed by atoms with Crippen molar-refractivity contribution in [1.29, 1.82) is 0 Å². The molecule has 0 saturated heterocycles. The lowest BCUT2D eigenvalue weighted by Gasteiger charge is -2.18. The van der Waals surface area contributed by atoms with E-state index in [4.69, 9.17) is 10.5 Å². The first kappa shape index (κ1) is 16.2. The number of ether oxygens (including phenoxy) is 1. The van der Waals surface area contributed by atoms with Crippen LogP contribution in [0.15, 0.2) is 48.5 Å². The van der Waals surface area contributed by atoms with E-state index in [1.54, 1.807) is 0 Å². The quantitative estimate of drug-likeness (QED) is 0.529. The van der Waals surface area contributed by atoms with Crippen LogP contribution < -0.4 is 5.73 Å². The highest BCUT2D eigenvalue weighted by atomic mass is 16.5. The van der Waals surface area contributed by atoms with Crippen LogP contribution in [-0.4, -0.2) is 18.9 Å². The molecular weight excluding hydrogens is 302 g/mol. The second-order valence-electron chi connectivity index (χ2n) is 6.20. The van der Waals surface area contributed by atoms with Gasteiger partial charge >= 0.3 is 5.97 Å². The van der Waals surface area contributed by atoms with Crippen LogP contribution in [0.2, 0.25) is 0 Å². The summed E-state index contributed by atoms with van der Waals surface area (Å²) in [6.07, 6.45) is 2.32. The molecule has 0 spiro atoms. The number of carbonyl (C=O) groups excluding carboxylic acids is 2. The molecule has 0 amide bonds. The summed E-state index contributed by atoms with van der Waals surface area (Å²) in [6, 6.07) is 15.0. The number of esters is 1. The van der Waals surface area contributed by atoms with Crippen LogP contribution in [0.3, 0.4) is 0 Å². The Bertz CT molecular complexity index is 752. The van der Waals surface area contributed by atoms with Crippen molar-refractivity contribution >= 4 is 17.4 Å². The van der Waals surface area contributed by atoms with Crippen molar-refractivity contribution in [1.82, 2.24) is 0 Å². The summed E-state index contributed by atoms with van der Waals surface area (Å²) in [5.74, 6) is -0.888. The van der Waals surface area contributed by atoms with Gasteiger partial charge in [-0.15, -0.1) is 0 Å². The van der Waals surface area contributed by atoms with Gasteiger partial charge in [-0.05, 0) is 36.1 Å². The third-order valence-electron chi connectivity index (χ3n) is 4.77. The van der Waals surface area contributed by atoms with Crippen LogP contribution >= 0.6 is 0 Å². The Hall–Kier alpha value is -2.62. The van der Waals surface area contributed by atoms with Gasteiger partial charge in [0.1, 0.15) is 0 Å². The highest BCUT2D eigenvalue weighted by Gasteiger charge is 2.39. The van der Waals surface area contributed by atoms with Gasteiger partial charge in [0.15, 0.2) is 5.78 Å². The molecule has 1 fully saturated rings. The number of hydrogen-bond donors (Lipinski definition) is 1. The minimum absolute atomic E-state index is 0.0234. The van der Waals surface area contributed by atoms with Crippen molar-refractivity contribution in [3.63, 3.8) is 0 Å². The number of rotatable bonds is 4. The number of nitrogen functional groups attached to an aromatic ring is 1. The SMILES string of the molecule is COC(=O)[C@@H]1CCC[C@H]1C(=O)c1ccccc1-c1ccc(N)cc1. The summed E-state index contributed by atoms with van der Waals surface area (Å²) in [6.45, 7) is 0. The minimum Gasteiger partial charge on any atom is -0.469 e. The first-order valence-corrected chi connectivity index (χ1v) is 8.19. The Morgan fingerprint density at radius 2 is 1.67 bits per heavy atom. The van der Waals surface area contributed by atoms with Gasteiger partial charge in [-0.25, -0.2) is 0 Å². The first-order chi connectivity index (χ1) is 11.6. The molecule has 1 aliphatic rings. The fraction of sp³-hybridized carbons (Fsp3) is 0.300. The van der Waals surface area contributed by atoms with Crippen molar-refractivity contribution in [2.45, 2.75) is 19.3 Å². The van der Waals surface area contributed by atoms with Crippen LogP contribution in [0, 0.1) is 11.8 Å². The Morgan fingerprint density at radius 3 is 2.38 bits per heavy atom. The van der Waals surface area contributed by atoms with Crippen LogP contribution in [-0.2, 0) is 9.53 Å². The third-order valence-corrected chi connectivity index (χ3v) is 4.77. The van der Waals surface area contributed by atoms with Crippen molar-refractivity contribution in [2.24, 2.45) is 11.8 Å². The van der Waals surface area contributed by atoms with Gasteiger partial charge in [0.25, 0.3) is 0 Å². The van der Waals surface area contributed by atoms with Gasteiger partial charge < -0.3 is 10.5 Å². The van der Waals surface area contributed by atoms with Crippen LogP contribution in [0.1, 0.15) is 29.6 Å². The molecule has 2 N–H and O–H groups in total. The minimum atomic E-state index is -0.332. The molecule has 4 heteroatoms. The zero-order valence-corrected chi connectivity index (χ0v) is 13.7. The molecule has 4 nitrogen and oxygen atoms in total. The lowest BCUT2D eigenvalue weighted by atomic mass is 9.85. The van der Waals surface area contributed by atoms with E-state index in [0.29, 0.717) is 17.7 Å². The number of hydrogen-bond acceptors (Lipinski definition) is 4. The predicted octanol–water partition coefficient (Wildman–Crippen LogP) is 3.71. The van der Waals surface area contributed by atoms with Gasteiger partial charge in [0, 0.05) is 17.2 Å². The number of carbonyl (C=O) groups is 2. The van der Waals surface area contributed by atoms with Crippen LogP contribution in [0.25, 0.3) is 11.1 Å². The first-order valence-electron chi connectivity index (χ1n) is 8.19. The Balaban J connectivity index is 1.96. The van der Waals surface area contributed by atoms with Crippen molar-refractivity contribution in [3.05, 3.63) is 54.1 Å². The Kier molecular flexibility index (Phi) is 4.65. The summed E-state index contributed by atoms with van der Waals surface area (Å²) < 4.78 is 4.87. The molecule has 0 aliphatic heterocycles. The molecule has 2 atom stereocenters. The van der Waals surface area contributed by atoms with E-state index >= 15 is 0 Å². The van der Waals surface area contributed by atoms with E-state index in [9.17, 15) is 9.59 Å². The maximum atomic E-state index is 13.1. The molecule has 24 heavy (non-hydrogen) atoms. The lowest BCUT2D eigenvalue weighted by molar-refractivity contribution is -0.146. The van der Waals surface area contributed by atoms with Crippen LogP contribution in [0.4, 0.5) is 5.69 Å². The summed E-state index contributed by atoms with van der Waals surface area (Å²) >= 11 is 0. The number of anilines is 1. The molecule has 2 aromatic rings. The third kappa shape index (κ3) is 3.04. The van der Waals surface area contributed by atoms with E-state index in [0.717, 1.165) is 24.0 Å². The molecule has 0 heterocycles. The summed E-state index contributed by atoms with van der Waals surface area (Å²) in [5.41, 5.74) is 8.91. The fourth-order valence-electron chi connectivity index (χ4n) is 3.52. The van der Waals surface area contributed by atoms with E-state index < -0.39 is 0 Å². The highest BCUT2D eigenvalue weighted by molar-refractivity contribution is 6.05. The maximum Gasteiger partial charge on any atom is 0.309 e. The lowest BCUT2D eigenvalue weighted by Crippen LogP contribution is -2.27. The second-order valence-corrected chi connectivity index (χ2v) is 6.20. The maximum absolute atomic E-state index is 13.1. The topological polar surface area (TPSA) is 69.4 Å². The fourth-order valence-corrected chi connectivity index (χ4v) is 3.52. The molecule has 0 bridgehead atoms. The average Bonchev–Trinajstić information content (AvgIpc) is 3.11. The van der Waals surface area contributed by atoms with E-state index in [1.165, 1.54) is 7.11 Å². The number of benzene rings is 2. The molecule has 0 unspecified atom stereocenters. The zero-order valence-electron chi connectivity index (χ0n) is 13.7. The van der Waals surface area contributed by atoms with Gasteiger partial charge in [-0.2, -0.15) is 0 Å².